The van der Waals surface area contributed by atoms with E-state index in [-0.39, 0.29) is 11.3 Å². The number of carbonyl (C=O) groups is 1. The van der Waals surface area contributed by atoms with Crippen LogP contribution in [0.15, 0.2) is 34.9 Å². The first-order valence-electron chi connectivity index (χ1n) is 4.66. The van der Waals surface area contributed by atoms with E-state index < -0.39 is 18.2 Å². The number of hydrogen-bond acceptors (Lipinski definition) is 3. The lowest BCUT2D eigenvalue weighted by Crippen LogP contribution is -1.94. The Bertz CT molecular complexity index is 534. The Morgan fingerprint density at radius 3 is 2.41 bits per heavy atom. The molecular formula is C11H7F2NO3. The first kappa shape index (κ1) is 11.3. The van der Waals surface area contributed by atoms with Crippen molar-refractivity contribution in [2.45, 2.75) is 6.43 Å². The number of carboxylic acid groups (broad SMARTS) is 1. The van der Waals surface area contributed by atoms with Gasteiger partial charge in [0, 0.05) is 11.6 Å². The third kappa shape index (κ3) is 2.30. The predicted octanol–water partition coefficient (Wildman–Crippen LogP) is 2.98. The van der Waals surface area contributed by atoms with Crippen LogP contribution in [0.25, 0.3) is 11.3 Å². The molecule has 0 aliphatic rings. The van der Waals surface area contributed by atoms with Crippen molar-refractivity contribution in [2.24, 2.45) is 0 Å². The number of hydrogen-bond donors (Lipinski definition) is 1. The monoisotopic (exact) mass is 239 g/mol. The average Bonchev–Trinajstić information content (AvgIpc) is 2.78. The maximum Gasteiger partial charge on any atom is 0.335 e. The van der Waals surface area contributed by atoms with Gasteiger partial charge in [0.05, 0.1) is 5.56 Å². The lowest BCUT2D eigenvalue weighted by Gasteiger charge is -1.96. The minimum Gasteiger partial charge on any atom is -0.478 e. The zero-order valence-corrected chi connectivity index (χ0v) is 8.43. The molecule has 4 nitrogen and oxygen atoms in total. The smallest absolute Gasteiger partial charge is 0.335 e. The van der Waals surface area contributed by atoms with E-state index in [9.17, 15) is 13.6 Å². The largest absolute Gasteiger partial charge is 0.478 e. The average molecular weight is 239 g/mol. The molecule has 1 aromatic carbocycles. The molecule has 1 heterocycles. The number of benzene rings is 1. The molecule has 1 N–H and O–H groups in total. The van der Waals surface area contributed by atoms with Crippen LogP contribution in [0.1, 0.15) is 22.5 Å². The topological polar surface area (TPSA) is 63.3 Å². The Balaban J connectivity index is 2.30. The van der Waals surface area contributed by atoms with Crippen molar-refractivity contribution in [3.8, 4) is 11.3 Å². The zero-order valence-electron chi connectivity index (χ0n) is 8.43. The summed E-state index contributed by atoms with van der Waals surface area (Å²) in [4.78, 5) is 10.6. The van der Waals surface area contributed by atoms with Crippen molar-refractivity contribution in [1.29, 1.82) is 0 Å². The second-order valence-corrected chi connectivity index (χ2v) is 3.30. The summed E-state index contributed by atoms with van der Waals surface area (Å²) < 4.78 is 29.0. The van der Waals surface area contributed by atoms with Crippen molar-refractivity contribution in [3.05, 3.63) is 41.7 Å². The van der Waals surface area contributed by atoms with Crippen molar-refractivity contribution >= 4 is 5.97 Å². The van der Waals surface area contributed by atoms with E-state index >= 15 is 0 Å². The molecule has 0 aliphatic heterocycles. The molecule has 0 bridgehead atoms. The highest BCUT2D eigenvalue weighted by molar-refractivity contribution is 5.88. The van der Waals surface area contributed by atoms with Gasteiger partial charge in [0.25, 0.3) is 6.43 Å². The molecule has 2 rings (SSSR count). The Labute approximate surface area is 94.5 Å². The highest BCUT2D eigenvalue weighted by Crippen LogP contribution is 2.25. The summed E-state index contributed by atoms with van der Waals surface area (Å²) in [6.45, 7) is 0. The lowest BCUT2D eigenvalue weighted by molar-refractivity contribution is 0.0697. The van der Waals surface area contributed by atoms with Gasteiger partial charge in [-0.2, -0.15) is 0 Å². The van der Waals surface area contributed by atoms with Crippen LogP contribution < -0.4 is 0 Å². The Morgan fingerprint density at radius 2 is 1.94 bits per heavy atom. The van der Waals surface area contributed by atoms with Gasteiger partial charge in [0.2, 0.25) is 5.76 Å². The number of carboxylic acids is 1. The van der Waals surface area contributed by atoms with Gasteiger partial charge in [-0.1, -0.05) is 17.3 Å². The van der Waals surface area contributed by atoms with Gasteiger partial charge in [-0.3, -0.25) is 0 Å². The van der Waals surface area contributed by atoms with E-state index in [1.54, 1.807) is 0 Å². The summed E-state index contributed by atoms with van der Waals surface area (Å²) >= 11 is 0. The molecular weight excluding hydrogens is 232 g/mol. The maximum atomic E-state index is 12.3. The number of rotatable bonds is 3. The molecule has 6 heteroatoms. The van der Waals surface area contributed by atoms with Gasteiger partial charge in [0.1, 0.15) is 5.69 Å². The molecule has 0 fully saturated rings. The van der Waals surface area contributed by atoms with E-state index in [1.807, 2.05) is 0 Å². The van der Waals surface area contributed by atoms with Gasteiger partial charge in [0.15, 0.2) is 0 Å². The second-order valence-electron chi connectivity index (χ2n) is 3.30. The minimum atomic E-state index is -2.71. The van der Waals surface area contributed by atoms with Crippen molar-refractivity contribution in [2.75, 3.05) is 0 Å². The molecule has 0 radical (unpaired) electrons. The minimum absolute atomic E-state index is 0.117. The molecule has 0 atom stereocenters. The molecule has 17 heavy (non-hydrogen) atoms. The highest BCUT2D eigenvalue weighted by Gasteiger charge is 2.15. The van der Waals surface area contributed by atoms with E-state index in [4.69, 9.17) is 5.11 Å². The Hall–Kier alpha value is -2.24. The van der Waals surface area contributed by atoms with Crippen LogP contribution in [0, 0.1) is 0 Å². The molecule has 1 aromatic heterocycles. The fraction of sp³-hybridized carbons (Fsp3) is 0.0909. The Morgan fingerprint density at radius 1 is 1.29 bits per heavy atom. The first-order chi connectivity index (χ1) is 8.08. The Kier molecular flexibility index (Phi) is 2.86. The number of nitrogens with zero attached hydrogens (tertiary/aromatic N) is 1. The lowest BCUT2D eigenvalue weighted by atomic mass is 10.1. The number of alkyl halides is 2. The van der Waals surface area contributed by atoms with Gasteiger partial charge in [-0.05, 0) is 12.1 Å². The van der Waals surface area contributed by atoms with Crippen LogP contribution in [-0.4, -0.2) is 16.2 Å². The van der Waals surface area contributed by atoms with Crippen LogP contribution in [0.5, 0.6) is 0 Å². The van der Waals surface area contributed by atoms with Crippen LogP contribution in [0.4, 0.5) is 8.78 Å². The standard InChI is InChI=1S/C11H7F2NO3/c12-10(13)9-5-8(14-17-9)6-1-3-7(4-2-6)11(15)16/h1-5,10H,(H,15,16). The van der Waals surface area contributed by atoms with Gasteiger partial charge in [-0.25, -0.2) is 13.6 Å². The van der Waals surface area contributed by atoms with Crippen LogP contribution in [0.2, 0.25) is 0 Å². The SMILES string of the molecule is O=C(O)c1ccc(-c2cc(C(F)F)on2)cc1. The fourth-order valence-corrected chi connectivity index (χ4v) is 1.31. The van der Waals surface area contributed by atoms with E-state index in [2.05, 4.69) is 9.68 Å². The second kappa shape index (κ2) is 4.32. The van der Waals surface area contributed by atoms with Gasteiger partial charge >= 0.3 is 5.97 Å². The van der Waals surface area contributed by atoms with Crippen LogP contribution in [0.3, 0.4) is 0 Å². The predicted molar refractivity (Wildman–Crippen MR) is 53.9 cm³/mol. The molecule has 0 unspecified atom stereocenters. The normalized spacial score (nSPS) is 10.8. The van der Waals surface area contributed by atoms with E-state index in [0.717, 1.165) is 6.07 Å². The van der Waals surface area contributed by atoms with Crippen molar-refractivity contribution in [3.63, 3.8) is 0 Å². The summed E-state index contributed by atoms with van der Waals surface area (Å²) in [6, 6.07) is 6.83. The summed E-state index contributed by atoms with van der Waals surface area (Å²) in [5.74, 6) is -1.56. The number of aromatic nitrogens is 1. The van der Waals surface area contributed by atoms with Crippen LogP contribution in [-0.2, 0) is 0 Å². The summed E-state index contributed by atoms with van der Waals surface area (Å²) in [7, 11) is 0. The maximum absolute atomic E-state index is 12.3. The van der Waals surface area contributed by atoms with Gasteiger partial charge in [-0.15, -0.1) is 0 Å². The third-order valence-corrected chi connectivity index (χ3v) is 2.17. The quantitative estimate of drug-likeness (QED) is 0.894. The van der Waals surface area contributed by atoms with Crippen molar-refractivity contribution in [1.82, 2.24) is 5.16 Å². The summed E-state index contributed by atoms with van der Waals surface area (Å²) in [5, 5.41) is 12.2. The number of aromatic carboxylic acids is 1. The summed E-state index contributed by atoms with van der Waals surface area (Å²) in [5.41, 5.74) is 0.884. The first-order valence-corrected chi connectivity index (χ1v) is 4.66. The van der Waals surface area contributed by atoms with E-state index in [0.29, 0.717) is 5.56 Å². The molecule has 0 saturated carbocycles. The van der Waals surface area contributed by atoms with Crippen molar-refractivity contribution < 1.29 is 23.2 Å². The van der Waals surface area contributed by atoms with Gasteiger partial charge < -0.3 is 9.63 Å². The molecule has 2 aromatic rings. The third-order valence-electron chi connectivity index (χ3n) is 2.17. The zero-order chi connectivity index (χ0) is 12.4. The molecule has 0 saturated heterocycles. The number of halogens is 2. The molecule has 0 spiro atoms. The molecule has 0 amide bonds. The summed E-state index contributed by atoms with van der Waals surface area (Å²) in [6.07, 6.45) is -2.71. The highest BCUT2D eigenvalue weighted by atomic mass is 19.3. The fourth-order valence-electron chi connectivity index (χ4n) is 1.31. The van der Waals surface area contributed by atoms with E-state index in [1.165, 1.54) is 24.3 Å². The molecule has 88 valence electrons. The van der Waals surface area contributed by atoms with Crippen LogP contribution >= 0.6 is 0 Å². The molecule has 0 aliphatic carbocycles.